The Bertz CT molecular complexity index is 1190. The van der Waals surface area contributed by atoms with E-state index in [1.54, 1.807) is 18.4 Å². The van der Waals surface area contributed by atoms with E-state index in [0.717, 1.165) is 32.7 Å². The number of benzene rings is 2. The number of halogens is 1. The number of thiazole rings is 1. The highest BCUT2D eigenvalue weighted by molar-refractivity contribution is 7.10. The van der Waals surface area contributed by atoms with Gasteiger partial charge >= 0.3 is 4.87 Å². The summed E-state index contributed by atoms with van der Waals surface area (Å²) in [6, 6.07) is 13.2. The summed E-state index contributed by atoms with van der Waals surface area (Å²) in [5, 5.41) is 12.8. The van der Waals surface area contributed by atoms with Crippen LogP contribution < -0.4 is 10.2 Å². The fourth-order valence-corrected chi connectivity index (χ4v) is 3.68. The molecule has 0 spiro atoms. The Balaban J connectivity index is 1.58. The van der Waals surface area contributed by atoms with Crippen molar-refractivity contribution in [1.82, 2.24) is 4.57 Å². The summed E-state index contributed by atoms with van der Waals surface area (Å²) < 4.78 is 14.6. The van der Waals surface area contributed by atoms with E-state index in [-0.39, 0.29) is 11.6 Å². The van der Waals surface area contributed by atoms with Crippen LogP contribution in [0.2, 0.25) is 0 Å². The van der Waals surface area contributed by atoms with Gasteiger partial charge in [-0.05, 0) is 24.3 Å². The molecular weight excluding hydrogens is 381 g/mol. The molecular formula is C20H14FN3O3S. The molecule has 1 aliphatic heterocycles. The number of aromatic nitrogens is 1. The number of fused-ring (bicyclic) bond motifs is 1. The number of hydrogen-bond donors (Lipinski definition) is 2. The first kappa shape index (κ1) is 17.9. The highest BCUT2D eigenvalue weighted by atomic mass is 32.1. The van der Waals surface area contributed by atoms with Crippen LogP contribution in [0.15, 0.2) is 58.3 Å². The summed E-state index contributed by atoms with van der Waals surface area (Å²) in [5.41, 5.74) is 2.47. The van der Waals surface area contributed by atoms with E-state index in [0.29, 0.717) is 4.88 Å². The van der Waals surface area contributed by atoms with E-state index in [1.165, 1.54) is 18.2 Å². The summed E-state index contributed by atoms with van der Waals surface area (Å²) in [6.45, 7) is -0.427. The van der Waals surface area contributed by atoms with E-state index >= 15 is 0 Å². The summed E-state index contributed by atoms with van der Waals surface area (Å²) in [6.07, 6.45) is 3.31. The minimum absolute atomic E-state index is 0.0105. The smallest absolute Gasteiger partial charge is 0.311 e. The molecule has 6 nitrogen and oxygen atoms in total. The molecule has 0 saturated carbocycles. The predicted molar refractivity (Wildman–Crippen MR) is 108 cm³/mol. The summed E-state index contributed by atoms with van der Waals surface area (Å²) in [5.74, 6) is -1.52. The van der Waals surface area contributed by atoms with Gasteiger partial charge in [0.1, 0.15) is 12.4 Å². The van der Waals surface area contributed by atoms with Gasteiger partial charge in [-0.15, -0.1) is 0 Å². The lowest BCUT2D eigenvalue weighted by Crippen LogP contribution is -2.24. The molecule has 1 aliphatic rings. The number of para-hydroxylation sites is 2. The minimum Gasteiger partial charge on any atom is -0.493 e. The van der Waals surface area contributed by atoms with Gasteiger partial charge in [-0.1, -0.05) is 41.7 Å². The van der Waals surface area contributed by atoms with Crippen molar-refractivity contribution in [2.24, 2.45) is 4.99 Å². The minimum atomic E-state index is -0.618. The standard InChI is InChI=1S/C20H14FN3O3S/c21-14-6-2-4-8-16(14)23-18(25)11-24-19(26)17(28-20(24)27)9-12-10-22-15-7-3-1-5-13(12)15/h1-10,26H,11H2,(H,23,25)/b12-9-. The van der Waals surface area contributed by atoms with Crippen LogP contribution in [0.3, 0.4) is 0 Å². The summed E-state index contributed by atoms with van der Waals surface area (Å²) in [4.78, 5) is 28.5. The van der Waals surface area contributed by atoms with Crippen molar-refractivity contribution in [3.63, 3.8) is 0 Å². The van der Waals surface area contributed by atoms with E-state index in [2.05, 4.69) is 10.3 Å². The Morgan fingerprint density at radius 3 is 2.79 bits per heavy atom. The molecule has 140 valence electrons. The average molecular weight is 395 g/mol. The van der Waals surface area contributed by atoms with Gasteiger partial charge in [0.2, 0.25) is 11.8 Å². The average Bonchev–Trinajstić information content (AvgIpc) is 3.20. The molecule has 2 heterocycles. The number of rotatable bonds is 4. The zero-order valence-corrected chi connectivity index (χ0v) is 15.2. The van der Waals surface area contributed by atoms with Gasteiger partial charge in [0.05, 0.1) is 16.3 Å². The Morgan fingerprint density at radius 2 is 1.96 bits per heavy atom. The lowest BCUT2D eigenvalue weighted by Gasteiger charge is -2.07. The van der Waals surface area contributed by atoms with Gasteiger partial charge in [0, 0.05) is 17.4 Å². The molecule has 1 aromatic heterocycles. The van der Waals surface area contributed by atoms with Gasteiger partial charge in [0.15, 0.2) is 0 Å². The van der Waals surface area contributed by atoms with Crippen LogP contribution in [-0.2, 0) is 11.3 Å². The van der Waals surface area contributed by atoms with Crippen molar-refractivity contribution in [1.29, 1.82) is 0 Å². The van der Waals surface area contributed by atoms with Gasteiger partial charge in [-0.2, -0.15) is 0 Å². The maximum Gasteiger partial charge on any atom is 0.311 e. The van der Waals surface area contributed by atoms with Crippen LogP contribution in [0.25, 0.3) is 11.6 Å². The SMILES string of the molecule is O=C(Cn1c(O)c(/C=C2/C=Nc3ccccc32)sc1=O)Nc1ccccc1F. The van der Waals surface area contributed by atoms with Crippen molar-refractivity contribution < 1.29 is 14.3 Å². The molecule has 8 heteroatoms. The van der Waals surface area contributed by atoms with Crippen LogP contribution in [-0.4, -0.2) is 21.8 Å². The third kappa shape index (κ3) is 3.37. The molecule has 0 saturated heterocycles. The van der Waals surface area contributed by atoms with Crippen LogP contribution in [0, 0.1) is 5.82 Å². The second-order valence-electron chi connectivity index (χ2n) is 6.05. The predicted octanol–water partition coefficient (Wildman–Crippen LogP) is 3.65. The first-order valence-electron chi connectivity index (χ1n) is 8.35. The number of aliphatic imine (C=N–C) groups is 1. The molecule has 1 amide bonds. The molecule has 0 bridgehead atoms. The number of allylic oxidation sites excluding steroid dienone is 1. The van der Waals surface area contributed by atoms with E-state index < -0.39 is 23.1 Å². The normalized spacial score (nSPS) is 13.7. The maximum atomic E-state index is 13.6. The molecule has 0 radical (unpaired) electrons. The number of carbonyl (C=O) groups excluding carboxylic acids is 1. The zero-order valence-electron chi connectivity index (χ0n) is 14.4. The van der Waals surface area contributed by atoms with Gasteiger partial charge < -0.3 is 10.4 Å². The number of carbonyl (C=O) groups is 1. The molecule has 0 atom stereocenters. The Kier molecular flexibility index (Phi) is 4.62. The molecule has 2 aromatic carbocycles. The highest BCUT2D eigenvalue weighted by Crippen LogP contribution is 2.34. The van der Waals surface area contributed by atoms with Crippen molar-refractivity contribution >= 4 is 46.5 Å². The molecule has 0 unspecified atom stereocenters. The van der Waals surface area contributed by atoms with Crippen LogP contribution in [0.1, 0.15) is 10.4 Å². The summed E-state index contributed by atoms with van der Waals surface area (Å²) >= 11 is 0.819. The number of amides is 1. The number of aromatic hydroxyl groups is 1. The third-order valence-corrected chi connectivity index (χ3v) is 5.10. The van der Waals surface area contributed by atoms with Crippen LogP contribution >= 0.6 is 11.3 Å². The zero-order chi connectivity index (χ0) is 19.7. The van der Waals surface area contributed by atoms with Gasteiger partial charge in [0.25, 0.3) is 0 Å². The monoisotopic (exact) mass is 395 g/mol. The Labute approximate surface area is 162 Å². The summed E-state index contributed by atoms with van der Waals surface area (Å²) in [7, 11) is 0. The first-order valence-corrected chi connectivity index (χ1v) is 9.17. The third-order valence-electron chi connectivity index (χ3n) is 4.19. The first-order chi connectivity index (χ1) is 13.5. The van der Waals surface area contributed by atoms with Crippen LogP contribution in [0.5, 0.6) is 5.88 Å². The fourth-order valence-electron chi connectivity index (χ4n) is 2.84. The lowest BCUT2D eigenvalue weighted by atomic mass is 10.1. The Morgan fingerprint density at radius 1 is 1.21 bits per heavy atom. The number of nitrogens with one attached hydrogen (secondary N) is 1. The van der Waals surface area contributed by atoms with E-state index in [1.807, 2.05) is 24.3 Å². The largest absolute Gasteiger partial charge is 0.493 e. The molecule has 0 fully saturated rings. The molecule has 28 heavy (non-hydrogen) atoms. The lowest BCUT2D eigenvalue weighted by molar-refractivity contribution is -0.116. The quantitative estimate of drug-likeness (QED) is 0.707. The van der Waals surface area contributed by atoms with Crippen molar-refractivity contribution in [2.75, 3.05) is 5.32 Å². The topological polar surface area (TPSA) is 83.7 Å². The molecule has 2 N–H and O–H groups in total. The Hall–Kier alpha value is -3.52. The van der Waals surface area contributed by atoms with Gasteiger partial charge in [-0.3, -0.25) is 19.1 Å². The van der Waals surface area contributed by atoms with Crippen LogP contribution in [0.4, 0.5) is 15.8 Å². The van der Waals surface area contributed by atoms with E-state index in [9.17, 15) is 19.1 Å². The number of anilines is 1. The molecule has 3 aromatic rings. The molecule has 0 aliphatic carbocycles. The van der Waals surface area contributed by atoms with Crippen molar-refractivity contribution in [3.8, 4) is 5.88 Å². The number of nitrogens with zero attached hydrogens (tertiary/aromatic N) is 2. The molecule has 4 rings (SSSR count). The second-order valence-corrected chi connectivity index (χ2v) is 7.04. The second kappa shape index (κ2) is 7.24. The highest BCUT2D eigenvalue weighted by Gasteiger charge is 2.18. The fraction of sp³-hybridized carbons (Fsp3) is 0.0500. The van der Waals surface area contributed by atoms with Gasteiger partial charge in [-0.25, -0.2) is 4.39 Å². The number of hydrogen-bond acceptors (Lipinski definition) is 5. The van der Waals surface area contributed by atoms with Crippen molar-refractivity contribution in [2.45, 2.75) is 6.54 Å². The van der Waals surface area contributed by atoms with Crippen molar-refractivity contribution in [3.05, 3.63) is 74.5 Å². The van der Waals surface area contributed by atoms with E-state index in [4.69, 9.17) is 0 Å². The maximum absolute atomic E-state index is 13.6.